The van der Waals surface area contributed by atoms with Gasteiger partial charge in [-0.05, 0) is 37.5 Å². The normalized spacial score (nSPS) is 15.7. The number of piperidine rings is 1. The molecule has 1 heterocycles. The molecule has 0 bridgehead atoms. The summed E-state index contributed by atoms with van der Waals surface area (Å²) in [5.74, 6) is -0.706. The van der Waals surface area contributed by atoms with Crippen LogP contribution in [-0.2, 0) is 0 Å². The summed E-state index contributed by atoms with van der Waals surface area (Å²) < 4.78 is 13.1. The summed E-state index contributed by atoms with van der Waals surface area (Å²) in [6, 6.07) is 3.92. The van der Waals surface area contributed by atoms with Crippen LogP contribution in [-0.4, -0.2) is 30.2 Å². The first-order valence-corrected chi connectivity index (χ1v) is 5.76. The molecule has 1 amide bonds. The molecule has 0 atom stereocenters. The maximum absolute atomic E-state index is 13.1. The van der Waals surface area contributed by atoms with Gasteiger partial charge in [0.05, 0.1) is 5.56 Å². The topological polar surface area (TPSA) is 37.4 Å². The Labute approximate surface area is 99.2 Å². The number of benzene rings is 1. The monoisotopic (exact) mass is 235 g/mol. The van der Waals surface area contributed by atoms with Crippen LogP contribution in [0.15, 0.2) is 18.2 Å². The van der Waals surface area contributed by atoms with Gasteiger partial charge >= 0.3 is 0 Å². The van der Waals surface area contributed by atoms with Crippen molar-refractivity contribution in [3.05, 3.63) is 35.1 Å². The summed E-state index contributed by atoms with van der Waals surface area (Å²) in [6.45, 7) is 1.49. The van der Waals surface area contributed by atoms with Crippen molar-refractivity contribution in [2.75, 3.05) is 13.1 Å². The molecule has 1 fully saturated rings. The highest BCUT2D eigenvalue weighted by Crippen LogP contribution is 2.15. The highest BCUT2D eigenvalue weighted by atomic mass is 19.1. The molecule has 0 aliphatic carbocycles. The summed E-state index contributed by atoms with van der Waals surface area (Å²) in [5.41, 5.74) is 0.322. The standard InChI is InChI=1S/C13H14FNO2/c14-12-5-4-10(8-11(12)9-16)13(17)15-6-2-1-3-7-15/h4-5,8-9H,1-3,6-7H2. The third-order valence-corrected chi connectivity index (χ3v) is 3.01. The van der Waals surface area contributed by atoms with E-state index in [0.29, 0.717) is 11.8 Å². The number of hydrogen-bond acceptors (Lipinski definition) is 2. The molecule has 1 saturated heterocycles. The number of hydrogen-bond donors (Lipinski definition) is 0. The Balaban J connectivity index is 2.21. The molecule has 3 nitrogen and oxygen atoms in total. The van der Waals surface area contributed by atoms with E-state index >= 15 is 0 Å². The van der Waals surface area contributed by atoms with E-state index in [2.05, 4.69) is 0 Å². The van der Waals surface area contributed by atoms with Crippen molar-refractivity contribution in [3.8, 4) is 0 Å². The molecule has 90 valence electrons. The summed E-state index contributed by atoms with van der Waals surface area (Å²) >= 11 is 0. The predicted molar refractivity (Wildman–Crippen MR) is 61.5 cm³/mol. The lowest BCUT2D eigenvalue weighted by Crippen LogP contribution is -2.35. The first-order valence-electron chi connectivity index (χ1n) is 5.76. The van der Waals surface area contributed by atoms with Crippen molar-refractivity contribution in [3.63, 3.8) is 0 Å². The van der Waals surface area contributed by atoms with Gasteiger partial charge in [-0.3, -0.25) is 9.59 Å². The molecule has 0 aromatic heterocycles. The Kier molecular flexibility index (Phi) is 3.52. The first-order chi connectivity index (χ1) is 8.22. The van der Waals surface area contributed by atoms with E-state index in [0.717, 1.165) is 32.4 Å². The van der Waals surface area contributed by atoms with Crippen LogP contribution in [0.5, 0.6) is 0 Å². The minimum absolute atomic E-state index is 0.0622. The molecule has 0 saturated carbocycles. The summed E-state index contributed by atoms with van der Waals surface area (Å²) in [4.78, 5) is 24.4. The van der Waals surface area contributed by atoms with Gasteiger partial charge < -0.3 is 4.90 Å². The highest BCUT2D eigenvalue weighted by Gasteiger charge is 2.18. The molecule has 1 aliphatic rings. The fraction of sp³-hybridized carbons (Fsp3) is 0.385. The van der Waals surface area contributed by atoms with Crippen molar-refractivity contribution in [1.82, 2.24) is 4.90 Å². The van der Waals surface area contributed by atoms with Gasteiger partial charge in [0.15, 0.2) is 6.29 Å². The fourth-order valence-electron chi connectivity index (χ4n) is 2.05. The Morgan fingerprint density at radius 1 is 1.24 bits per heavy atom. The molecule has 4 heteroatoms. The van der Waals surface area contributed by atoms with Gasteiger partial charge in [0.2, 0.25) is 0 Å². The maximum atomic E-state index is 13.1. The van der Waals surface area contributed by atoms with Crippen LogP contribution in [0.25, 0.3) is 0 Å². The number of halogens is 1. The zero-order chi connectivity index (χ0) is 12.3. The minimum Gasteiger partial charge on any atom is -0.339 e. The van der Waals surface area contributed by atoms with Crippen molar-refractivity contribution in [1.29, 1.82) is 0 Å². The average Bonchev–Trinajstić information content (AvgIpc) is 2.39. The van der Waals surface area contributed by atoms with Crippen LogP contribution in [0.1, 0.15) is 40.0 Å². The largest absolute Gasteiger partial charge is 0.339 e. The lowest BCUT2D eigenvalue weighted by atomic mass is 10.1. The second kappa shape index (κ2) is 5.08. The van der Waals surface area contributed by atoms with E-state index in [1.807, 2.05) is 0 Å². The molecule has 0 spiro atoms. The first kappa shape index (κ1) is 11.8. The Hall–Kier alpha value is -1.71. The van der Waals surface area contributed by atoms with Gasteiger partial charge in [0.25, 0.3) is 5.91 Å². The summed E-state index contributed by atoms with van der Waals surface area (Å²) in [6.07, 6.45) is 3.59. The molecule has 1 aliphatic heterocycles. The SMILES string of the molecule is O=Cc1cc(C(=O)N2CCCCC2)ccc1F. The second-order valence-electron chi connectivity index (χ2n) is 4.21. The van der Waals surface area contributed by atoms with Gasteiger partial charge in [0, 0.05) is 18.7 Å². The highest BCUT2D eigenvalue weighted by molar-refractivity contribution is 5.95. The zero-order valence-corrected chi connectivity index (χ0v) is 9.49. The van der Waals surface area contributed by atoms with Crippen molar-refractivity contribution in [2.24, 2.45) is 0 Å². The lowest BCUT2D eigenvalue weighted by Gasteiger charge is -2.26. The maximum Gasteiger partial charge on any atom is 0.253 e. The molecule has 2 rings (SSSR count). The van der Waals surface area contributed by atoms with Gasteiger partial charge in [0.1, 0.15) is 5.82 Å². The van der Waals surface area contributed by atoms with Gasteiger partial charge in [-0.15, -0.1) is 0 Å². The molecule has 0 unspecified atom stereocenters. The number of amides is 1. The molecule has 0 radical (unpaired) electrons. The van der Waals surface area contributed by atoms with E-state index < -0.39 is 5.82 Å². The van der Waals surface area contributed by atoms with Gasteiger partial charge in [-0.1, -0.05) is 0 Å². The number of carbonyl (C=O) groups excluding carboxylic acids is 2. The number of likely N-dealkylation sites (tertiary alicyclic amines) is 1. The molecule has 17 heavy (non-hydrogen) atoms. The van der Waals surface area contributed by atoms with Crippen molar-refractivity contribution in [2.45, 2.75) is 19.3 Å². The Bertz CT molecular complexity index is 439. The number of carbonyl (C=O) groups is 2. The van der Waals surface area contributed by atoms with E-state index in [4.69, 9.17) is 0 Å². The van der Waals surface area contributed by atoms with Crippen LogP contribution in [0.4, 0.5) is 4.39 Å². The number of rotatable bonds is 2. The van der Waals surface area contributed by atoms with Gasteiger partial charge in [-0.25, -0.2) is 4.39 Å². The van der Waals surface area contributed by atoms with Crippen LogP contribution in [0.2, 0.25) is 0 Å². The predicted octanol–water partition coefficient (Wildman–Crippen LogP) is 2.26. The van der Waals surface area contributed by atoms with Crippen molar-refractivity contribution < 1.29 is 14.0 Å². The van der Waals surface area contributed by atoms with Crippen LogP contribution in [0, 0.1) is 5.82 Å². The van der Waals surface area contributed by atoms with E-state index in [-0.39, 0.29) is 11.5 Å². The summed E-state index contributed by atoms with van der Waals surface area (Å²) in [5, 5.41) is 0. The van der Waals surface area contributed by atoms with E-state index in [1.54, 1.807) is 4.90 Å². The number of nitrogens with zero attached hydrogens (tertiary/aromatic N) is 1. The van der Waals surface area contributed by atoms with E-state index in [1.165, 1.54) is 18.2 Å². The molecular weight excluding hydrogens is 221 g/mol. The third kappa shape index (κ3) is 2.52. The average molecular weight is 235 g/mol. The fourth-order valence-corrected chi connectivity index (χ4v) is 2.05. The zero-order valence-electron chi connectivity index (χ0n) is 9.49. The quantitative estimate of drug-likeness (QED) is 0.737. The lowest BCUT2D eigenvalue weighted by molar-refractivity contribution is 0.0724. The van der Waals surface area contributed by atoms with Crippen LogP contribution >= 0.6 is 0 Å². The number of aldehydes is 1. The molecular formula is C13H14FNO2. The van der Waals surface area contributed by atoms with Crippen LogP contribution < -0.4 is 0 Å². The molecule has 1 aromatic carbocycles. The smallest absolute Gasteiger partial charge is 0.253 e. The van der Waals surface area contributed by atoms with E-state index in [9.17, 15) is 14.0 Å². The second-order valence-corrected chi connectivity index (χ2v) is 4.21. The Morgan fingerprint density at radius 2 is 1.94 bits per heavy atom. The third-order valence-electron chi connectivity index (χ3n) is 3.01. The summed E-state index contributed by atoms with van der Waals surface area (Å²) in [7, 11) is 0. The minimum atomic E-state index is -0.588. The Morgan fingerprint density at radius 3 is 2.59 bits per heavy atom. The van der Waals surface area contributed by atoms with Gasteiger partial charge in [-0.2, -0.15) is 0 Å². The molecule has 0 N–H and O–H groups in total. The molecule has 1 aromatic rings. The van der Waals surface area contributed by atoms with Crippen LogP contribution in [0.3, 0.4) is 0 Å². The van der Waals surface area contributed by atoms with Crippen molar-refractivity contribution >= 4 is 12.2 Å².